The smallest absolute Gasteiger partial charge is 0.216 e. The molecule has 1 heterocycles. The highest BCUT2D eigenvalue weighted by molar-refractivity contribution is 7.88. The second kappa shape index (κ2) is 6.62. The summed E-state index contributed by atoms with van der Waals surface area (Å²) >= 11 is 4.95. The average molecular weight is 314 g/mol. The summed E-state index contributed by atoms with van der Waals surface area (Å²) in [7, 11) is -3.41. The van der Waals surface area contributed by atoms with E-state index in [0.29, 0.717) is 37.2 Å². The monoisotopic (exact) mass is 314 g/mol. The van der Waals surface area contributed by atoms with Gasteiger partial charge in [-0.05, 0) is 18.4 Å². The van der Waals surface area contributed by atoms with E-state index in [4.69, 9.17) is 22.7 Å². The molecule has 1 fully saturated rings. The highest BCUT2D eigenvalue weighted by atomic mass is 32.2. The highest BCUT2D eigenvalue weighted by Crippen LogP contribution is 2.14. The number of ether oxygens (including phenoxy) is 1. The molecular formula is C13H18N2O3S2. The van der Waals surface area contributed by atoms with Gasteiger partial charge >= 0.3 is 0 Å². The Morgan fingerprint density at radius 1 is 1.35 bits per heavy atom. The van der Waals surface area contributed by atoms with Crippen molar-refractivity contribution in [3.8, 4) is 0 Å². The molecule has 1 aromatic rings. The standard InChI is InChI=1S/C13H18N2O3S2/c14-13(19)12-4-2-1-3-10(12)9-20(16,17)15-11-5-7-18-8-6-11/h1-4,11,15H,5-9H2,(H2,14,19). The zero-order chi connectivity index (χ0) is 14.6. The first-order valence-corrected chi connectivity index (χ1v) is 8.49. The lowest BCUT2D eigenvalue weighted by Crippen LogP contribution is -2.39. The van der Waals surface area contributed by atoms with Crippen LogP contribution in [0.4, 0.5) is 0 Å². The van der Waals surface area contributed by atoms with Gasteiger partial charge < -0.3 is 10.5 Å². The highest BCUT2D eigenvalue weighted by Gasteiger charge is 2.21. The van der Waals surface area contributed by atoms with Crippen LogP contribution in [0.5, 0.6) is 0 Å². The summed E-state index contributed by atoms with van der Waals surface area (Å²) < 4.78 is 32.3. The van der Waals surface area contributed by atoms with Crippen molar-refractivity contribution < 1.29 is 13.2 Å². The van der Waals surface area contributed by atoms with Gasteiger partial charge in [0.15, 0.2) is 0 Å². The Bertz CT molecular complexity index is 581. The van der Waals surface area contributed by atoms with Crippen molar-refractivity contribution in [1.82, 2.24) is 4.72 Å². The number of nitrogens with two attached hydrogens (primary N) is 1. The molecule has 2 rings (SSSR count). The Balaban J connectivity index is 2.10. The molecule has 0 aliphatic carbocycles. The fourth-order valence-corrected chi connectivity index (χ4v) is 3.89. The maximum Gasteiger partial charge on any atom is 0.216 e. The normalized spacial score (nSPS) is 17.0. The van der Waals surface area contributed by atoms with E-state index in [1.165, 1.54) is 0 Å². The molecule has 0 aromatic heterocycles. The van der Waals surface area contributed by atoms with E-state index in [2.05, 4.69) is 4.72 Å². The van der Waals surface area contributed by atoms with Crippen LogP contribution in [0, 0.1) is 0 Å². The summed E-state index contributed by atoms with van der Waals surface area (Å²) in [5.41, 5.74) is 6.85. The van der Waals surface area contributed by atoms with E-state index in [9.17, 15) is 8.42 Å². The molecule has 20 heavy (non-hydrogen) atoms. The minimum absolute atomic E-state index is 0.0502. The van der Waals surface area contributed by atoms with E-state index in [-0.39, 0.29) is 16.8 Å². The molecule has 7 heteroatoms. The Morgan fingerprint density at radius 2 is 2.00 bits per heavy atom. The third-order valence-corrected chi connectivity index (χ3v) is 4.80. The number of thiocarbonyl (C=S) groups is 1. The number of nitrogens with one attached hydrogen (secondary N) is 1. The molecule has 3 N–H and O–H groups in total. The van der Waals surface area contributed by atoms with Gasteiger partial charge in [-0.2, -0.15) is 0 Å². The van der Waals surface area contributed by atoms with Crippen LogP contribution >= 0.6 is 12.2 Å². The number of hydrogen-bond donors (Lipinski definition) is 2. The summed E-state index contributed by atoms with van der Waals surface area (Å²) in [6.45, 7) is 1.19. The van der Waals surface area contributed by atoms with Gasteiger partial charge in [0, 0.05) is 24.8 Å². The van der Waals surface area contributed by atoms with Gasteiger partial charge in [-0.3, -0.25) is 0 Å². The van der Waals surface area contributed by atoms with E-state index >= 15 is 0 Å². The van der Waals surface area contributed by atoms with Gasteiger partial charge in [-0.15, -0.1) is 0 Å². The first-order valence-electron chi connectivity index (χ1n) is 6.43. The predicted molar refractivity (Wildman–Crippen MR) is 81.9 cm³/mol. The zero-order valence-corrected chi connectivity index (χ0v) is 12.7. The van der Waals surface area contributed by atoms with Gasteiger partial charge in [0.2, 0.25) is 10.0 Å². The molecule has 0 saturated carbocycles. The lowest BCUT2D eigenvalue weighted by atomic mass is 10.1. The minimum atomic E-state index is -3.41. The molecule has 0 atom stereocenters. The molecular weight excluding hydrogens is 296 g/mol. The van der Waals surface area contributed by atoms with E-state index in [1.807, 2.05) is 0 Å². The second-order valence-electron chi connectivity index (χ2n) is 4.78. The average Bonchev–Trinajstić information content (AvgIpc) is 2.39. The lowest BCUT2D eigenvalue weighted by molar-refractivity contribution is 0.0832. The summed E-state index contributed by atoms with van der Waals surface area (Å²) in [4.78, 5) is 0.210. The predicted octanol–water partition coefficient (Wildman–Crippen LogP) is 0.919. The second-order valence-corrected chi connectivity index (χ2v) is 6.98. The van der Waals surface area contributed by atoms with Crippen molar-refractivity contribution in [1.29, 1.82) is 0 Å². The topological polar surface area (TPSA) is 81.4 Å². The molecule has 0 amide bonds. The SMILES string of the molecule is NC(=S)c1ccccc1CS(=O)(=O)NC1CCOCC1. The fourth-order valence-electron chi connectivity index (χ4n) is 2.20. The first kappa shape index (κ1) is 15.4. The van der Waals surface area contributed by atoms with Gasteiger partial charge in [-0.1, -0.05) is 36.5 Å². The molecule has 0 unspecified atom stereocenters. The molecule has 5 nitrogen and oxygen atoms in total. The first-order chi connectivity index (χ1) is 9.48. The van der Waals surface area contributed by atoms with Crippen molar-refractivity contribution in [2.45, 2.75) is 24.6 Å². The number of benzene rings is 1. The van der Waals surface area contributed by atoms with E-state index < -0.39 is 10.0 Å². The Hall–Kier alpha value is -1.02. The fraction of sp³-hybridized carbons (Fsp3) is 0.462. The van der Waals surface area contributed by atoms with Gasteiger partial charge in [0.25, 0.3) is 0 Å². The van der Waals surface area contributed by atoms with Crippen molar-refractivity contribution in [3.05, 3.63) is 35.4 Å². The quantitative estimate of drug-likeness (QED) is 0.790. The Labute approximate surface area is 124 Å². The molecule has 110 valence electrons. The molecule has 1 aromatic carbocycles. The van der Waals surface area contributed by atoms with Gasteiger partial charge in [-0.25, -0.2) is 13.1 Å². The Morgan fingerprint density at radius 3 is 2.65 bits per heavy atom. The molecule has 0 radical (unpaired) electrons. The maximum absolute atomic E-state index is 12.2. The van der Waals surface area contributed by atoms with E-state index in [1.54, 1.807) is 24.3 Å². The molecule has 1 saturated heterocycles. The third-order valence-electron chi connectivity index (χ3n) is 3.20. The summed E-state index contributed by atoms with van der Waals surface area (Å²) in [5.74, 6) is -0.113. The van der Waals surface area contributed by atoms with Gasteiger partial charge in [0.05, 0.1) is 5.75 Å². The van der Waals surface area contributed by atoms with Crippen LogP contribution in [0.1, 0.15) is 24.0 Å². The maximum atomic E-state index is 12.2. The molecule has 0 bridgehead atoms. The number of rotatable bonds is 5. The Kier molecular flexibility index (Phi) is 5.09. The summed E-state index contributed by atoms with van der Waals surface area (Å²) in [5, 5.41) is 0. The summed E-state index contributed by atoms with van der Waals surface area (Å²) in [6.07, 6.45) is 1.41. The number of sulfonamides is 1. The molecule has 0 spiro atoms. The lowest BCUT2D eigenvalue weighted by Gasteiger charge is -2.23. The van der Waals surface area contributed by atoms with Crippen molar-refractivity contribution in [2.75, 3.05) is 13.2 Å². The van der Waals surface area contributed by atoms with E-state index in [0.717, 1.165) is 0 Å². The number of hydrogen-bond acceptors (Lipinski definition) is 4. The zero-order valence-electron chi connectivity index (χ0n) is 11.0. The molecule has 1 aliphatic heterocycles. The largest absolute Gasteiger partial charge is 0.389 e. The van der Waals surface area contributed by atoms with Gasteiger partial charge in [0.1, 0.15) is 4.99 Å². The summed E-state index contributed by atoms with van der Waals surface area (Å²) in [6, 6.07) is 6.99. The van der Waals surface area contributed by atoms with Crippen molar-refractivity contribution in [3.63, 3.8) is 0 Å². The van der Waals surface area contributed by atoms with Crippen LogP contribution in [0.2, 0.25) is 0 Å². The minimum Gasteiger partial charge on any atom is -0.389 e. The van der Waals surface area contributed by atoms with Crippen LogP contribution in [0.25, 0.3) is 0 Å². The molecule has 1 aliphatic rings. The van der Waals surface area contributed by atoms with Crippen molar-refractivity contribution >= 4 is 27.2 Å². The van der Waals surface area contributed by atoms with Crippen molar-refractivity contribution in [2.24, 2.45) is 5.73 Å². The van der Waals surface area contributed by atoms with Crippen LogP contribution in [-0.4, -0.2) is 32.7 Å². The van der Waals surface area contributed by atoms with Crippen LogP contribution in [-0.2, 0) is 20.5 Å². The van der Waals surface area contributed by atoms with Crippen LogP contribution in [0.15, 0.2) is 24.3 Å². The van der Waals surface area contributed by atoms with Crippen LogP contribution in [0.3, 0.4) is 0 Å². The van der Waals surface area contributed by atoms with Crippen LogP contribution < -0.4 is 10.5 Å². The third kappa shape index (κ3) is 4.24.